The molecule has 0 fully saturated rings. The van der Waals surface area contributed by atoms with Crippen LogP contribution >= 0.6 is 0 Å². The summed E-state index contributed by atoms with van der Waals surface area (Å²) in [6.45, 7) is 3.19. The van der Waals surface area contributed by atoms with E-state index < -0.39 is 5.97 Å². The van der Waals surface area contributed by atoms with Gasteiger partial charge in [-0.2, -0.15) is 0 Å². The van der Waals surface area contributed by atoms with Gasteiger partial charge in [-0.1, -0.05) is 6.07 Å². The molecule has 28 heavy (non-hydrogen) atoms. The quantitative estimate of drug-likeness (QED) is 0.482. The van der Waals surface area contributed by atoms with Crippen LogP contribution in [-0.2, 0) is 22.6 Å². The maximum atomic E-state index is 12.3. The molecule has 0 aliphatic carbocycles. The van der Waals surface area contributed by atoms with Gasteiger partial charge >= 0.3 is 5.97 Å². The number of Topliss-reactive ketones (excluding diaryl/α,β-unsaturated/α-hetero) is 1. The topological polar surface area (TPSA) is 87.0 Å². The Morgan fingerprint density at radius 1 is 1.18 bits per heavy atom. The Balaban J connectivity index is 1.75. The number of hydrogen-bond donors (Lipinski definition) is 0. The molecule has 3 rings (SSSR count). The van der Waals surface area contributed by atoms with Gasteiger partial charge in [-0.05, 0) is 43.7 Å². The standard InChI is InChI=1S/C21H20N2O5/c1-13-5-4-8-23-19(25)11-17(22-21(13)23)12-28-20(26)10-16-9-15(14(2)24)6-7-18(16)27-3/h4-9,11H,10,12H2,1-3H3. The van der Waals surface area contributed by atoms with Crippen molar-refractivity contribution in [1.29, 1.82) is 0 Å². The summed E-state index contributed by atoms with van der Waals surface area (Å²) in [5.74, 6) is -0.112. The van der Waals surface area contributed by atoms with Gasteiger partial charge in [0, 0.05) is 23.4 Å². The second-order valence-electron chi connectivity index (χ2n) is 6.39. The van der Waals surface area contributed by atoms with Crippen LogP contribution in [0.2, 0.25) is 0 Å². The number of aromatic nitrogens is 2. The number of carbonyl (C=O) groups is 2. The number of rotatable bonds is 6. The van der Waals surface area contributed by atoms with Crippen molar-refractivity contribution in [3.8, 4) is 5.75 Å². The van der Waals surface area contributed by atoms with Crippen LogP contribution in [0.4, 0.5) is 0 Å². The first-order valence-corrected chi connectivity index (χ1v) is 8.70. The zero-order valence-electron chi connectivity index (χ0n) is 15.9. The zero-order valence-corrected chi connectivity index (χ0v) is 15.9. The Bertz CT molecular complexity index is 1120. The Morgan fingerprint density at radius 2 is 1.96 bits per heavy atom. The maximum Gasteiger partial charge on any atom is 0.310 e. The molecule has 7 nitrogen and oxygen atoms in total. The van der Waals surface area contributed by atoms with E-state index >= 15 is 0 Å². The van der Waals surface area contributed by atoms with E-state index in [-0.39, 0.29) is 24.4 Å². The van der Waals surface area contributed by atoms with Crippen LogP contribution in [0, 0.1) is 6.92 Å². The molecule has 0 bridgehead atoms. The number of ketones is 1. The molecule has 144 valence electrons. The van der Waals surface area contributed by atoms with Gasteiger partial charge in [-0.15, -0.1) is 0 Å². The highest BCUT2D eigenvalue weighted by Crippen LogP contribution is 2.21. The molecule has 0 spiro atoms. The van der Waals surface area contributed by atoms with Crippen LogP contribution in [0.25, 0.3) is 5.65 Å². The number of esters is 1. The van der Waals surface area contributed by atoms with Crippen LogP contribution in [-0.4, -0.2) is 28.2 Å². The molecule has 0 aliphatic heterocycles. The van der Waals surface area contributed by atoms with Crippen molar-refractivity contribution in [2.75, 3.05) is 7.11 Å². The predicted octanol–water partition coefficient (Wildman–Crippen LogP) is 2.50. The van der Waals surface area contributed by atoms with Crippen LogP contribution in [0.3, 0.4) is 0 Å². The summed E-state index contributed by atoms with van der Waals surface area (Å²) in [6.07, 6.45) is 1.58. The molecule has 2 aromatic heterocycles. The molecule has 0 saturated carbocycles. The molecule has 0 N–H and O–H groups in total. The van der Waals surface area contributed by atoms with E-state index in [9.17, 15) is 14.4 Å². The van der Waals surface area contributed by atoms with E-state index in [0.717, 1.165) is 5.56 Å². The molecule has 3 aromatic rings. The summed E-state index contributed by atoms with van der Waals surface area (Å²) < 4.78 is 12.0. The van der Waals surface area contributed by atoms with Gasteiger partial charge in [-0.25, -0.2) is 4.98 Å². The van der Waals surface area contributed by atoms with Gasteiger partial charge in [0.2, 0.25) is 0 Å². The second-order valence-corrected chi connectivity index (χ2v) is 6.39. The molecule has 1 aromatic carbocycles. The number of ether oxygens (including phenoxy) is 2. The summed E-state index contributed by atoms with van der Waals surface area (Å²) in [5, 5.41) is 0. The summed E-state index contributed by atoms with van der Waals surface area (Å²) in [6, 6.07) is 9.88. The van der Waals surface area contributed by atoms with Gasteiger partial charge < -0.3 is 9.47 Å². The largest absolute Gasteiger partial charge is 0.496 e. The first kappa shape index (κ1) is 19.3. The molecule has 0 radical (unpaired) electrons. The normalized spacial score (nSPS) is 10.7. The minimum absolute atomic E-state index is 0.0596. The minimum atomic E-state index is -0.509. The average Bonchev–Trinajstić information content (AvgIpc) is 2.67. The van der Waals surface area contributed by atoms with Crippen LogP contribution in [0.5, 0.6) is 5.75 Å². The molecule has 0 atom stereocenters. The number of methoxy groups -OCH3 is 1. The van der Waals surface area contributed by atoms with E-state index in [4.69, 9.17) is 9.47 Å². The molecule has 0 saturated heterocycles. The lowest BCUT2D eigenvalue weighted by atomic mass is 10.0. The number of hydrogen-bond acceptors (Lipinski definition) is 6. The summed E-state index contributed by atoms with van der Waals surface area (Å²) in [5.41, 5.74) is 2.55. The maximum absolute atomic E-state index is 12.3. The summed E-state index contributed by atoms with van der Waals surface area (Å²) >= 11 is 0. The first-order valence-electron chi connectivity index (χ1n) is 8.70. The van der Waals surface area contributed by atoms with E-state index in [1.165, 1.54) is 24.5 Å². The van der Waals surface area contributed by atoms with Crippen molar-refractivity contribution in [2.24, 2.45) is 0 Å². The van der Waals surface area contributed by atoms with Crippen molar-refractivity contribution < 1.29 is 19.1 Å². The van der Waals surface area contributed by atoms with Gasteiger partial charge in [0.25, 0.3) is 5.56 Å². The van der Waals surface area contributed by atoms with Gasteiger partial charge in [0.15, 0.2) is 5.78 Å². The fraction of sp³-hybridized carbons (Fsp3) is 0.238. The number of benzene rings is 1. The third-order valence-electron chi connectivity index (χ3n) is 4.34. The highest BCUT2D eigenvalue weighted by atomic mass is 16.5. The average molecular weight is 380 g/mol. The number of aryl methyl sites for hydroxylation is 1. The summed E-state index contributed by atoms with van der Waals surface area (Å²) in [7, 11) is 1.49. The Labute approximate surface area is 161 Å². The predicted molar refractivity (Wildman–Crippen MR) is 103 cm³/mol. The van der Waals surface area contributed by atoms with E-state index in [2.05, 4.69) is 4.98 Å². The highest BCUT2D eigenvalue weighted by Gasteiger charge is 2.13. The SMILES string of the molecule is COc1ccc(C(C)=O)cc1CC(=O)OCc1cc(=O)n2cccc(C)c2n1. The molecule has 0 aliphatic rings. The number of fused-ring (bicyclic) bond motifs is 1. The van der Waals surface area contributed by atoms with E-state index in [1.54, 1.807) is 30.5 Å². The van der Waals surface area contributed by atoms with Crippen molar-refractivity contribution >= 4 is 17.4 Å². The van der Waals surface area contributed by atoms with Gasteiger partial charge in [0.05, 0.1) is 19.2 Å². The fourth-order valence-corrected chi connectivity index (χ4v) is 2.88. The molecule has 0 unspecified atom stereocenters. The molecule has 0 amide bonds. The number of carbonyl (C=O) groups excluding carboxylic acids is 2. The number of nitrogens with zero attached hydrogens (tertiary/aromatic N) is 2. The minimum Gasteiger partial charge on any atom is -0.496 e. The van der Waals surface area contributed by atoms with E-state index in [1.807, 2.05) is 13.0 Å². The molecular formula is C21H20N2O5. The van der Waals surface area contributed by atoms with Gasteiger partial charge in [-0.3, -0.25) is 18.8 Å². The third-order valence-corrected chi connectivity index (χ3v) is 4.34. The highest BCUT2D eigenvalue weighted by molar-refractivity contribution is 5.94. The monoisotopic (exact) mass is 380 g/mol. The lowest BCUT2D eigenvalue weighted by molar-refractivity contribution is -0.144. The van der Waals surface area contributed by atoms with Crippen molar-refractivity contribution in [3.05, 3.63) is 75.3 Å². The van der Waals surface area contributed by atoms with Crippen LogP contribution in [0.1, 0.15) is 34.1 Å². The van der Waals surface area contributed by atoms with Crippen LogP contribution in [0.15, 0.2) is 47.4 Å². The molecule has 2 heterocycles. The lowest BCUT2D eigenvalue weighted by Crippen LogP contribution is -2.17. The van der Waals surface area contributed by atoms with Crippen molar-refractivity contribution in [1.82, 2.24) is 9.38 Å². The van der Waals surface area contributed by atoms with Crippen molar-refractivity contribution in [3.63, 3.8) is 0 Å². The second kappa shape index (κ2) is 8.04. The Kier molecular flexibility index (Phi) is 5.54. The molecular weight excluding hydrogens is 360 g/mol. The first-order chi connectivity index (χ1) is 13.4. The van der Waals surface area contributed by atoms with Gasteiger partial charge in [0.1, 0.15) is 18.0 Å². The number of pyridine rings is 1. The zero-order chi connectivity index (χ0) is 20.3. The van der Waals surface area contributed by atoms with Crippen molar-refractivity contribution in [2.45, 2.75) is 26.9 Å². The lowest BCUT2D eigenvalue weighted by Gasteiger charge is -2.10. The third kappa shape index (κ3) is 4.09. The Morgan fingerprint density at radius 3 is 2.68 bits per heavy atom. The summed E-state index contributed by atoms with van der Waals surface area (Å²) in [4.78, 5) is 40.4. The van der Waals surface area contributed by atoms with Crippen LogP contribution < -0.4 is 10.3 Å². The smallest absolute Gasteiger partial charge is 0.310 e. The molecule has 7 heteroatoms. The fourth-order valence-electron chi connectivity index (χ4n) is 2.88. The van der Waals surface area contributed by atoms with E-state index in [0.29, 0.717) is 28.2 Å². The Hall–Kier alpha value is -3.48.